The van der Waals surface area contributed by atoms with Crippen molar-refractivity contribution >= 4 is 40.6 Å². The number of hydrogen-bond donors (Lipinski definition) is 4. The number of fused-ring (bicyclic) bond motifs is 1. The van der Waals surface area contributed by atoms with Crippen LogP contribution in [0, 0.1) is 0 Å². The first-order valence-corrected chi connectivity index (χ1v) is 10.2. The van der Waals surface area contributed by atoms with Crippen LogP contribution < -0.4 is 16.0 Å². The Balaban J connectivity index is 1.51. The fraction of sp³-hybridized carbons (Fsp3) is 0.316. The van der Waals surface area contributed by atoms with Gasteiger partial charge in [-0.3, -0.25) is 4.79 Å². The van der Waals surface area contributed by atoms with Crippen LogP contribution >= 0.6 is 11.3 Å². The van der Waals surface area contributed by atoms with E-state index in [1.807, 2.05) is 6.07 Å². The normalized spacial score (nSPS) is 20.7. The maximum atomic E-state index is 12.0. The first-order chi connectivity index (χ1) is 13.7. The van der Waals surface area contributed by atoms with Crippen molar-refractivity contribution in [3.05, 3.63) is 45.8 Å². The Hall–Kier alpha value is -2.91. The molecule has 2 aliphatic rings. The lowest BCUT2D eigenvalue weighted by molar-refractivity contribution is -0.117. The van der Waals surface area contributed by atoms with Gasteiger partial charge in [-0.2, -0.15) is 21.0 Å². The number of rotatable bonds is 6. The number of hydrogen-bond acceptors (Lipinski definition) is 7. The van der Waals surface area contributed by atoms with Gasteiger partial charge in [0.15, 0.2) is 5.65 Å². The van der Waals surface area contributed by atoms with Crippen LogP contribution in [0.25, 0.3) is 11.7 Å². The van der Waals surface area contributed by atoms with E-state index in [9.17, 15) is 9.90 Å². The number of carbonyl (C=O) groups excluding carboxylic acids is 1. The highest BCUT2D eigenvalue weighted by atomic mass is 32.1. The number of anilines is 2. The minimum absolute atomic E-state index is 0.255. The lowest BCUT2D eigenvalue weighted by Gasteiger charge is -2.11. The summed E-state index contributed by atoms with van der Waals surface area (Å²) in [5, 5.41) is 27.6. The molecule has 28 heavy (non-hydrogen) atoms. The van der Waals surface area contributed by atoms with Gasteiger partial charge in [-0.25, -0.2) is 4.98 Å². The number of thiophene rings is 1. The third kappa shape index (κ3) is 3.46. The van der Waals surface area contributed by atoms with Crippen molar-refractivity contribution in [1.29, 1.82) is 0 Å². The summed E-state index contributed by atoms with van der Waals surface area (Å²) in [6, 6.07) is 4.52. The van der Waals surface area contributed by atoms with E-state index < -0.39 is 6.23 Å². The van der Waals surface area contributed by atoms with Crippen molar-refractivity contribution in [2.45, 2.75) is 38.1 Å². The molecule has 1 aliphatic carbocycles. The van der Waals surface area contributed by atoms with Crippen molar-refractivity contribution in [1.82, 2.24) is 19.9 Å². The molecule has 1 aliphatic heterocycles. The van der Waals surface area contributed by atoms with Crippen molar-refractivity contribution in [2.75, 3.05) is 10.6 Å². The summed E-state index contributed by atoms with van der Waals surface area (Å²) in [6.07, 6.45) is 5.20. The molecule has 0 aromatic carbocycles. The number of carbonyl (C=O) groups is 1. The van der Waals surface area contributed by atoms with Gasteiger partial charge < -0.3 is 21.1 Å². The molecular formula is C19H20N6O2S. The number of nitrogens with zero attached hydrogens (tertiary/aromatic N) is 3. The Morgan fingerprint density at radius 3 is 3.04 bits per heavy atom. The summed E-state index contributed by atoms with van der Waals surface area (Å²) in [5.74, 6) is 1.37. The molecule has 1 amide bonds. The SMILES string of the molecule is O=C1NC(O)C/C1=C\c1cnn2c(NC3CC3)cc(NCc3ccsc3)nc12. The Labute approximate surface area is 165 Å². The molecule has 1 unspecified atom stereocenters. The zero-order chi connectivity index (χ0) is 19.1. The van der Waals surface area contributed by atoms with E-state index in [4.69, 9.17) is 4.98 Å². The number of aliphatic hydroxyl groups is 1. The second-order valence-electron chi connectivity index (χ2n) is 7.13. The number of aromatic nitrogens is 3. The average Bonchev–Trinajstić information content (AvgIpc) is 3.05. The summed E-state index contributed by atoms with van der Waals surface area (Å²) in [6.45, 7) is 0.689. The van der Waals surface area contributed by atoms with Gasteiger partial charge >= 0.3 is 0 Å². The van der Waals surface area contributed by atoms with Crippen LogP contribution in [0.15, 0.2) is 34.7 Å². The molecule has 8 nitrogen and oxygen atoms in total. The fourth-order valence-corrected chi connectivity index (χ4v) is 3.87. The monoisotopic (exact) mass is 396 g/mol. The van der Waals surface area contributed by atoms with Gasteiger partial charge in [-0.1, -0.05) is 0 Å². The third-order valence-electron chi connectivity index (χ3n) is 4.81. The zero-order valence-corrected chi connectivity index (χ0v) is 15.9. The highest BCUT2D eigenvalue weighted by Gasteiger charge is 2.26. The van der Waals surface area contributed by atoms with Gasteiger partial charge in [0.1, 0.15) is 17.9 Å². The maximum absolute atomic E-state index is 12.0. The van der Waals surface area contributed by atoms with E-state index in [1.165, 1.54) is 5.56 Å². The van der Waals surface area contributed by atoms with Crippen LogP contribution in [-0.4, -0.2) is 37.9 Å². The van der Waals surface area contributed by atoms with Crippen LogP contribution in [0.4, 0.5) is 11.6 Å². The van der Waals surface area contributed by atoms with Crippen molar-refractivity contribution < 1.29 is 9.90 Å². The maximum Gasteiger partial charge on any atom is 0.249 e. The molecule has 4 heterocycles. The van der Waals surface area contributed by atoms with Crippen LogP contribution in [0.5, 0.6) is 0 Å². The summed E-state index contributed by atoms with van der Waals surface area (Å²) in [4.78, 5) is 16.7. The Bertz CT molecular complexity index is 1050. The van der Waals surface area contributed by atoms with E-state index in [0.29, 0.717) is 23.8 Å². The van der Waals surface area contributed by atoms with E-state index >= 15 is 0 Å². The summed E-state index contributed by atoms with van der Waals surface area (Å²) >= 11 is 1.67. The largest absolute Gasteiger partial charge is 0.373 e. The molecule has 3 aromatic heterocycles. The van der Waals surface area contributed by atoms with Gasteiger partial charge in [0.2, 0.25) is 5.91 Å². The van der Waals surface area contributed by atoms with Crippen LogP contribution in [0.3, 0.4) is 0 Å². The van der Waals surface area contributed by atoms with E-state index in [0.717, 1.165) is 30.0 Å². The molecule has 0 radical (unpaired) electrons. The molecule has 1 saturated carbocycles. The van der Waals surface area contributed by atoms with Crippen molar-refractivity contribution in [3.8, 4) is 0 Å². The van der Waals surface area contributed by atoms with Gasteiger partial charge in [0, 0.05) is 36.2 Å². The topological polar surface area (TPSA) is 104 Å². The zero-order valence-electron chi connectivity index (χ0n) is 15.1. The first-order valence-electron chi connectivity index (χ1n) is 9.25. The molecule has 1 atom stereocenters. The predicted molar refractivity (Wildman–Crippen MR) is 108 cm³/mol. The second kappa shape index (κ2) is 6.92. The molecular weight excluding hydrogens is 376 g/mol. The van der Waals surface area contributed by atoms with Gasteiger partial charge in [-0.05, 0) is 41.3 Å². The standard InChI is InChI=1S/C19H20N6O2S/c26-17-6-12(19(27)24-17)5-13-9-21-25-16(22-14-1-2-14)7-15(23-18(13)25)20-8-11-3-4-28-10-11/h3-5,7,9-10,14,17,22,26H,1-2,6,8H2,(H,20,23)(H,24,27)/b12-5+. The Morgan fingerprint density at radius 2 is 2.32 bits per heavy atom. The minimum atomic E-state index is -0.830. The van der Waals surface area contributed by atoms with Gasteiger partial charge in [0.05, 0.1) is 6.20 Å². The number of nitrogens with one attached hydrogen (secondary N) is 3. The van der Waals surface area contributed by atoms with Crippen LogP contribution in [0.2, 0.25) is 0 Å². The first kappa shape index (κ1) is 17.2. The Kier molecular flexibility index (Phi) is 4.25. The molecule has 0 bridgehead atoms. The lowest BCUT2D eigenvalue weighted by atomic mass is 10.1. The third-order valence-corrected chi connectivity index (χ3v) is 5.55. The molecule has 4 N–H and O–H groups in total. The van der Waals surface area contributed by atoms with Crippen LogP contribution in [0.1, 0.15) is 30.4 Å². The van der Waals surface area contributed by atoms with Crippen molar-refractivity contribution in [3.63, 3.8) is 0 Å². The smallest absolute Gasteiger partial charge is 0.249 e. The molecule has 5 rings (SSSR count). The number of aliphatic hydroxyl groups excluding tert-OH is 1. The fourth-order valence-electron chi connectivity index (χ4n) is 3.21. The average molecular weight is 396 g/mol. The van der Waals surface area contributed by atoms with E-state index in [-0.39, 0.29) is 12.3 Å². The van der Waals surface area contributed by atoms with E-state index in [1.54, 1.807) is 28.1 Å². The molecule has 9 heteroatoms. The summed E-state index contributed by atoms with van der Waals surface area (Å²) in [5.41, 5.74) is 3.14. The van der Waals surface area contributed by atoms with Crippen LogP contribution in [-0.2, 0) is 11.3 Å². The summed E-state index contributed by atoms with van der Waals surface area (Å²) in [7, 11) is 0. The minimum Gasteiger partial charge on any atom is -0.373 e. The highest BCUT2D eigenvalue weighted by molar-refractivity contribution is 7.07. The molecule has 2 fully saturated rings. The molecule has 1 saturated heterocycles. The van der Waals surface area contributed by atoms with Gasteiger partial charge in [0.25, 0.3) is 0 Å². The number of amides is 1. The molecule has 0 spiro atoms. The Morgan fingerprint density at radius 1 is 1.43 bits per heavy atom. The lowest BCUT2D eigenvalue weighted by Crippen LogP contribution is -2.24. The predicted octanol–water partition coefficient (Wildman–Crippen LogP) is 2.20. The summed E-state index contributed by atoms with van der Waals surface area (Å²) < 4.78 is 1.77. The molecule has 3 aromatic rings. The highest BCUT2D eigenvalue weighted by Crippen LogP contribution is 2.28. The van der Waals surface area contributed by atoms with Gasteiger partial charge in [-0.15, -0.1) is 0 Å². The quantitative estimate of drug-likeness (QED) is 0.476. The van der Waals surface area contributed by atoms with Crippen molar-refractivity contribution in [2.24, 2.45) is 0 Å². The van der Waals surface area contributed by atoms with E-state index in [2.05, 4.69) is 37.9 Å². The molecule has 144 valence electrons. The second-order valence-corrected chi connectivity index (χ2v) is 7.91.